The van der Waals surface area contributed by atoms with Crippen molar-refractivity contribution in [3.05, 3.63) is 34.5 Å². The van der Waals surface area contributed by atoms with Crippen molar-refractivity contribution >= 4 is 34.4 Å². The van der Waals surface area contributed by atoms with Crippen LogP contribution in [0.25, 0.3) is 11.0 Å². The molecule has 0 bridgehead atoms. The number of rotatable bonds is 5. The molecule has 0 saturated heterocycles. The molecule has 1 aromatic heterocycles. The van der Waals surface area contributed by atoms with Gasteiger partial charge in [-0.25, -0.2) is 4.79 Å². The van der Waals surface area contributed by atoms with Crippen molar-refractivity contribution in [3.8, 4) is 0 Å². The molecule has 1 atom stereocenters. The Morgan fingerprint density at radius 3 is 2.76 bits per heavy atom. The zero-order valence-corrected chi connectivity index (χ0v) is 12.0. The third-order valence-electron chi connectivity index (χ3n) is 3.13. The molecule has 21 heavy (non-hydrogen) atoms. The Hall–Kier alpha value is -2.05. The van der Waals surface area contributed by atoms with Crippen molar-refractivity contribution in [2.75, 3.05) is 6.61 Å². The van der Waals surface area contributed by atoms with Crippen LogP contribution in [0.2, 0.25) is 5.02 Å². The average Bonchev–Trinajstić information content (AvgIpc) is 2.75. The fourth-order valence-electron chi connectivity index (χ4n) is 2.02. The van der Waals surface area contributed by atoms with Gasteiger partial charge in [-0.15, -0.1) is 0 Å². The van der Waals surface area contributed by atoms with E-state index in [1.165, 1.54) is 0 Å². The van der Waals surface area contributed by atoms with Crippen molar-refractivity contribution < 1.29 is 24.2 Å². The molecular formula is C14H14ClNO5. The molecule has 0 aliphatic carbocycles. The van der Waals surface area contributed by atoms with E-state index in [1.54, 1.807) is 25.1 Å². The smallest absolute Gasteiger partial charge is 0.326 e. The lowest BCUT2D eigenvalue weighted by atomic mass is 10.1. The summed E-state index contributed by atoms with van der Waals surface area (Å²) in [6.07, 6.45) is -0.0772. The highest BCUT2D eigenvalue weighted by atomic mass is 35.5. The first-order valence-corrected chi connectivity index (χ1v) is 6.65. The standard InChI is InChI=1S/C14H14ClNO5/c1-7-9-6-8(15)2-3-11(9)21-12(7)13(18)16-10(4-5-17)14(19)20/h2-3,6,10,17H,4-5H2,1H3,(H,16,18)(H,19,20). The van der Waals surface area contributed by atoms with Crippen molar-refractivity contribution in [2.45, 2.75) is 19.4 Å². The number of furan rings is 1. The monoisotopic (exact) mass is 311 g/mol. The number of benzene rings is 1. The van der Waals surface area contributed by atoms with Crippen molar-refractivity contribution in [3.63, 3.8) is 0 Å². The number of aliphatic hydroxyl groups is 1. The number of aliphatic hydroxyl groups excluding tert-OH is 1. The molecule has 2 aromatic rings. The number of fused-ring (bicyclic) bond motifs is 1. The minimum absolute atomic E-state index is 0.0384. The molecule has 112 valence electrons. The topological polar surface area (TPSA) is 99.8 Å². The van der Waals surface area contributed by atoms with Crippen molar-refractivity contribution in [1.29, 1.82) is 0 Å². The first-order valence-electron chi connectivity index (χ1n) is 6.27. The quantitative estimate of drug-likeness (QED) is 0.784. The van der Waals surface area contributed by atoms with E-state index in [4.69, 9.17) is 26.2 Å². The Morgan fingerprint density at radius 1 is 1.43 bits per heavy atom. The summed E-state index contributed by atoms with van der Waals surface area (Å²) in [6, 6.07) is 3.79. The van der Waals surface area contributed by atoms with Crippen LogP contribution in [0.4, 0.5) is 0 Å². The van der Waals surface area contributed by atoms with Gasteiger partial charge in [0.1, 0.15) is 11.6 Å². The first-order chi connectivity index (χ1) is 9.93. The van der Waals surface area contributed by atoms with E-state index in [9.17, 15) is 9.59 Å². The summed E-state index contributed by atoms with van der Waals surface area (Å²) in [6.45, 7) is 1.35. The highest BCUT2D eigenvalue weighted by Gasteiger charge is 2.24. The summed E-state index contributed by atoms with van der Waals surface area (Å²) < 4.78 is 5.45. The highest BCUT2D eigenvalue weighted by molar-refractivity contribution is 6.31. The van der Waals surface area contributed by atoms with E-state index < -0.39 is 17.9 Å². The van der Waals surface area contributed by atoms with Gasteiger partial charge in [-0.05, 0) is 25.1 Å². The van der Waals surface area contributed by atoms with Crippen LogP contribution in [0.5, 0.6) is 0 Å². The van der Waals surface area contributed by atoms with Gasteiger partial charge in [-0.1, -0.05) is 11.6 Å². The van der Waals surface area contributed by atoms with E-state index in [-0.39, 0.29) is 18.8 Å². The second-order valence-electron chi connectivity index (χ2n) is 4.57. The van der Waals surface area contributed by atoms with Gasteiger partial charge < -0.3 is 19.9 Å². The van der Waals surface area contributed by atoms with Crippen molar-refractivity contribution in [2.24, 2.45) is 0 Å². The molecule has 0 aliphatic rings. The zero-order chi connectivity index (χ0) is 15.6. The van der Waals surface area contributed by atoms with E-state index >= 15 is 0 Å². The molecule has 0 aliphatic heterocycles. The Balaban J connectivity index is 2.31. The van der Waals surface area contributed by atoms with Crippen LogP contribution in [0.1, 0.15) is 22.5 Å². The number of nitrogens with one attached hydrogen (secondary N) is 1. The molecule has 7 heteroatoms. The number of halogens is 1. The van der Waals surface area contributed by atoms with E-state index in [0.717, 1.165) is 0 Å². The Morgan fingerprint density at radius 2 is 2.14 bits per heavy atom. The van der Waals surface area contributed by atoms with Gasteiger partial charge in [0.15, 0.2) is 5.76 Å². The van der Waals surface area contributed by atoms with E-state index in [1.807, 2.05) is 0 Å². The number of hydrogen-bond donors (Lipinski definition) is 3. The number of hydrogen-bond acceptors (Lipinski definition) is 4. The maximum absolute atomic E-state index is 12.1. The first kappa shape index (κ1) is 15.3. The number of carboxylic acids is 1. The second-order valence-corrected chi connectivity index (χ2v) is 5.01. The van der Waals surface area contributed by atoms with Gasteiger partial charge >= 0.3 is 5.97 Å². The van der Waals surface area contributed by atoms with Gasteiger partial charge in [0, 0.05) is 29.0 Å². The summed E-state index contributed by atoms with van der Waals surface area (Å²) in [4.78, 5) is 23.1. The predicted octanol–water partition coefficient (Wildman–Crippen LogP) is 1.96. The fraction of sp³-hybridized carbons (Fsp3) is 0.286. The average molecular weight is 312 g/mol. The second kappa shape index (κ2) is 6.15. The maximum atomic E-state index is 12.1. The van der Waals surface area contributed by atoms with Gasteiger partial charge in [0.2, 0.25) is 0 Å². The molecule has 1 aromatic carbocycles. The number of amides is 1. The lowest BCUT2D eigenvalue weighted by Gasteiger charge is -2.12. The highest BCUT2D eigenvalue weighted by Crippen LogP contribution is 2.27. The summed E-state index contributed by atoms with van der Waals surface area (Å²) in [5.74, 6) is -1.81. The zero-order valence-electron chi connectivity index (χ0n) is 11.2. The fourth-order valence-corrected chi connectivity index (χ4v) is 2.19. The molecule has 0 fully saturated rings. The normalized spacial score (nSPS) is 12.3. The maximum Gasteiger partial charge on any atom is 0.326 e. The summed E-state index contributed by atoms with van der Waals surface area (Å²) in [5.41, 5.74) is 1.08. The van der Waals surface area contributed by atoms with Gasteiger partial charge in [0.05, 0.1) is 0 Å². The van der Waals surface area contributed by atoms with E-state index in [0.29, 0.717) is 21.6 Å². The van der Waals surface area contributed by atoms with Crippen LogP contribution in [0, 0.1) is 6.92 Å². The Bertz CT molecular complexity index is 694. The minimum Gasteiger partial charge on any atom is -0.480 e. The van der Waals surface area contributed by atoms with Crippen LogP contribution in [-0.2, 0) is 4.79 Å². The lowest BCUT2D eigenvalue weighted by molar-refractivity contribution is -0.139. The third-order valence-corrected chi connectivity index (χ3v) is 3.36. The molecule has 3 N–H and O–H groups in total. The summed E-state index contributed by atoms with van der Waals surface area (Å²) in [7, 11) is 0. The Labute approximate surface area is 125 Å². The third kappa shape index (κ3) is 3.17. The summed E-state index contributed by atoms with van der Waals surface area (Å²) >= 11 is 5.90. The van der Waals surface area contributed by atoms with Gasteiger partial charge in [-0.2, -0.15) is 0 Å². The number of carboxylic acid groups (broad SMARTS) is 1. The number of carbonyl (C=O) groups is 2. The lowest BCUT2D eigenvalue weighted by Crippen LogP contribution is -2.41. The molecule has 0 radical (unpaired) electrons. The van der Waals surface area contributed by atoms with Crippen LogP contribution < -0.4 is 5.32 Å². The van der Waals surface area contributed by atoms with E-state index in [2.05, 4.69) is 5.32 Å². The summed E-state index contributed by atoms with van der Waals surface area (Å²) in [5, 5.41) is 21.3. The molecule has 0 spiro atoms. The molecule has 0 saturated carbocycles. The molecule has 1 amide bonds. The molecule has 6 nitrogen and oxygen atoms in total. The number of carbonyl (C=O) groups excluding carboxylic acids is 1. The van der Waals surface area contributed by atoms with Crippen LogP contribution >= 0.6 is 11.6 Å². The SMILES string of the molecule is Cc1c(C(=O)NC(CCO)C(=O)O)oc2ccc(Cl)cc12. The van der Waals surface area contributed by atoms with Crippen LogP contribution in [-0.4, -0.2) is 34.7 Å². The molecule has 1 unspecified atom stereocenters. The van der Waals surface area contributed by atoms with Crippen molar-refractivity contribution in [1.82, 2.24) is 5.32 Å². The number of aryl methyl sites for hydroxylation is 1. The minimum atomic E-state index is -1.21. The molecule has 2 rings (SSSR count). The van der Waals surface area contributed by atoms with Crippen LogP contribution in [0.15, 0.2) is 22.6 Å². The van der Waals surface area contributed by atoms with Crippen LogP contribution in [0.3, 0.4) is 0 Å². The van der Waals surface area contributed by atoms with Gasteiger partial charge in [-0.3, -0.25) is 4.79 Å². The largest absolute Gasteiger partial charge is 0.480 e. The molecular weight excluding hydrogens is 298 g/mol. The predicted molar refractivity (Wildman–Crippen MR) is 76.6 cm³/mol. The number of aliphatic carboxylic acids is 1. The molecule has 1 heterocycles. The Kier molecular flexibility index (Phi) is 4.50. The van der Waals surface area contributed by atoms with Gasteiger partial charge in [0.25, 0.3) is 5.91 Å².